The Kier molecular flexibility index (Phi) is 5.58. The smallest absolute Gasteiger partial charge is 0.320 e. The Bertz CT molecular complexity index is 850. The third-order valence-corrected chi connectivity index (χ3v) is 5.66. The van der Waals surface area contributed by atoms with Gasteiger partial charge in [-0.2, -0.15) is 5.10 Å². The van der Waals surface area contributed by atoms with Gasteiger partial charge in [0.2, 0.25) is 10.0 Å². The molecule has 2 amide bonds. The predicted molar refractivity (Wildman–Crippen MR) is 99.7 cm³/mol. The number of anilines is 1. The number of carbonyl (C=O) groups is 1. The number of hydrogen-bond acceptors (Lipinski definition) is 4. The summed E-state index contributed by atoms with van der Waals surface area (Å²) in [7, 11) is -3.18. The monoisotopic (exact) mass is 377 g/mol. The van der Waals surface area contributed by atoms with Crippen LogP contribution >= 0.6 is 0 Å². The molecule has 0 spiro atoms. The molecule has 1 unspecified atom stereocenters. The molecule has 1 aliphatic rings. The summed E-state index contributed by atoms with van der Waals surface area (Å²) >= 11 is 0. The molecule has 1 aliphatic heterocycles. The minimum atomic E-state index is -3.18. The number of aromatic nitrogens is 2. The summed E-state index contributed by atoms with van der Waals surface area (Å²) in [6.45, 7) is 1.43. The van der Waals surface area contributed by atoms with Crippen LogP contribution in [-0.4, -0.2) is 54.4 Å². The van der Waals surface area contributed by atoms with Crippen LogP contribution in [-0.2, 0) is 10.0 Å². The average molecular weight is 377 g/mol. The molecule has 1 saturated heterocycles. The van der Waals surface area contributed by atoms with Crippen LogP contribution in [0.5, 0.6) is 0 Å². The van der Waals surface area contributed by atoms with Gasteiger partial charge in [0.05, 0.1) is 18.1 Å². The highest BCUT2D eigenvalue weighted by molar-refractivity contribution is 7.88. The lowest BCUT2D eigenvalue weighted by Gasteiger charge is -2.30. The summed E-state index contributed by atoms with van der Waals surface area (Å²) in [6.07, 6.45) is 4.55. The number of piperidine rings is 1. The zero-order valence-corrected chi connectivity index (χ0v) is 15.4. The Morgan fingerprint density at radius 1 is 1.27 bits per heavy atom. The van der Waals surface area contributed by atoms with Crippen molar-refractivity contribution >= 4 is 21.9 Å². The minimum Gasteiger partial charge on any atom is -0.338 e. The van der Waals surface area contributed by atoms with Crippen molar-refractivity contribution in [1.29, 1.82) is 0 Å². The molecule has 2 heterocycles. The van der Waals surface area contributed by atoms with Crippen LogP contribution in [0.4, 0.5) is 10.6 Å². The minimum absolute atomic E-state index is 0.114. The van der Waals surface area contributed by atoms with Crippen molar-refractivity contribution in [1.82, 2.24) is 19.4 Å². The number of nitrogens with one attached hydrogen (secondary N) is 2. The van der Waals surface area contributed by atoms with E-state index in [0.29, 0.717) is 25.5 Å². The van der Waals surface area contributed by atoms with Crippen LogP contribution in [0.1, 0.15) is 12.8 Å². The van der Waals surface area contributed by atoms with E-state index in [9.17, 15) is 13.2 Å². The molecule has 26 heavy (non-hydrogen) atoms. The molecule has 9 heteroatoms. The third kappa shape index (κ3) is 4.61. The van der Waals surface area contributed by atoms with Crippen molar-refractivity contribution in [2.75, 3.05) is 31.2 Å². The van der Waals surface area contributed by atoms with Crippen molar-refractivity contribution in [2.24, 2.45) is 5.92 Å². The maximum atomic E-state index is 12.2. The maximum absolute atomic E-state index is 12.2. The van der Waals surface area contributed by atoms with Gasteiger partial charge < -0.3 is 5.32 Å². The summed E-state index contributed by atoms with van der Waals surface area (Å²) in [5.74, 6) is 0.679. The fourth-order valence-corrected chi connectivity index (χ4v) is 4.01. The topological polar surface area (TPSA) is 96.3 Å². The number of para-hydroxylation sites is 1. The highest BCUT2D eigenvalue weighted by atomic mass is 32.2. The van der Waals surface area contributed by atoms with Crippen molar-refractivity contribution < 1.29 is 13.2 Å². The number of nitrogens with zero attached hydrogens (tertiary/aromatic N) is 3. The molecule has 2 aromatic rings. The van der Waals surface area contributed by atoms with E-state index in [2.05, 4.69) is 15.7 Å². The number of urea groups is 1. The number of carbonyl (C=O) groups excluding carboxylic acids is 1. The van der Waals surface area contributed by atoms with E-state index in [0.717, 1.165) is 18.5 Å². The second-order valence-corrected chi connectivity index (χ2v) is 8.41. The zero-order valence-electron chi connectivity index (χ0n) is 14.6. The Morgan fingerprint density at radius 3 is 2.77 bits per heavy atom. The number of hydrogen-bond donors (Lipinski definition) is 2. The predicted octanol–water partition coefficient (Wildman–Crippen LogP) is 1.67. The van der Waals surface area contributed by atoms with E-state index in [4.69, 9.17) is 0 Å². The van der Waals surface area contributed by atoms with Crippen molar-refractivity contribution in [2.45, 2.75) is 12.8 Å². The fourth-order valence-electron chi connectivity index (χ4n) is 3.07. The molecule has 1 atom stereocenters. The molecule has 2 N–H and O–H groups in total. The summed E-state index contributed by atoms with van der Waals surface area (Å²) in [4.78, 5) is 12.2. The van der Waals surface area contributed by atoms with Gasteiger partial charge in [-0.3, -0.25) is 5.32 Å². The number of benzene rings is 1. The lowest BCUT2D eigenvalue weighted by molar-refractivity contribution is 0.239. The highest BCUT2D eigenvalue weighted by Crippen LogP contribution is 2.18. The standard InChI is InChI=1S/C17H23N5O3S/c1-26(24,25)21-11-5-6-14(13-21)12-18-17(23)20-16-9-10-19-22(16)15-7-3-2-4-8-15/h2-4,7-10,14H,5-6,11-13H2,1H3,(H2,18,20,23). The third-order valence-electron chi connectivity index (χ3n) is 4.39. The molecular weight excluding hydrogens is 354 g/mol. The van der Waals surface area contributed by atoms with Gasteiger partial charge in [0.1, 0.15) is 5.82 Å². The Labute approximate surface area is 153 Å². The molecule has 1 aromatic heterocycles. The first-order valence-corrected chi connectivity index (χ1v) is 10.4. The Balaban J connectivity index is 1.55. The van der Waals surface area contributed by atoms with Crippen LogP contribution in [0.15, 0.2) is 42.6 Å². The lowest BCUT2D eigenvalue weighted by Crippen LogP contribution is -2.44. The first-order valence-electron chi connectivity index (χ1n) is 8.53. The van der Waals surface area contributed by atoms with E-state index in [1.54, 1.807) is 16.9 Å². The van der Waals surface area contributed by atoms with Crippen LogP contribution in [0.2, 0.25) is 0 Å². The van der Waals surface area contributed by atoms with E-state index in [-0.39, 0.29) is 11.9 Å². The average Bonchev–Trinajstić information content (AvgIpc) is 3.08. The molecule has 0 radical (unpaired) electrons. The van der Waals surface area contributed by atoms with Gasteiger partial charge in [-0.15, -0.1) is 0 Å². The number of sulfonamides is 1. The molecule has 3 rings (SSSR count). The van der Waals surface area contributed by atoms with Crippen LogP contribution < -0.4 is 10.6 Å². The molecular formula is C17H23N5O3S. The summed E-state index contributed by atoms with van der Waals surface area (Å²) in [5, 5.41) is 9.84. The zero-order chi connectivity index (χ0) is 18.6. The van der Waals surface area contributed by atoms with Gasteiger partial charge in [0.15, 0.2) is 0 Å². The number of rotatable bonds is 5. The number of amides is 2. The molecule has 140 valence electrons. The normalized spacial score (nSPS) is 18.4. The molecule has 1 fully saturated rings. The van der Waals surface area contributed by atoms with E-state index in [1.165, 1.54) is 10.6 Å². The first-order chi connectivity index (χ1) is 12.4. The largest absolute Gasteiger partial charge is 0.338 e. The van der Waals surface area contributed by atoms with Crippen LogP contribution in [0, 0.1) is 5.92 Å². The second kappa shape index (κ2) is 7.88. The van der Waals surface area contributed by atoms with Gasteiger partial charge in [-0.1, -0.05) is 18.2 Å². The summed E-state index contributed by atoms with van der Waals surface area (Å²) in [6, 6.07) is 10.9. The summed E-state index contributed by atoms with van der Waals surface area (Å²) in [5.41, 5.74) is 0.851. The maximum Gasteiger partial charge on any atom is 0.320 e. The van der Waals surface area contributed by atoms with Gasteiger partial charge in [-0.05, 0) is 30.9 Å². The SMILES string of the molecule is CS(=O)(=O)N1CCCC(CNC(=O)Nc2ccnn2-c2ccccc2)C1. The highest BCUT2D eigenvalue weighted by Gasteiger charge is 2.26. The first kappa shape index (κ1) is 18.4. The van der Waals surface area contributed by atoms with Crippen molar-refractivity contribution in [3.8, 4) is 5.69 Å². The Hall–Kier alpha value is -2.39. The van der Waals surface area contributed by atoms with E-state index >= 15 is 0 Å². The van der Waals surface area contributed by atoms with Gasteiger partial charge >= 0.3 is 6.03 Å². The lowest BCUT2D eigenvalue weighted by atomic mass is 10.00. The van der Waals surface area contributed by atoms with E-state index in [1.807, 2.05) is 30.3 Å². The molecule has 0 saturated carbocycles. The van der Waals surface area contributed by atoms with Gasteiger partial charge in [-0.25, -0.2) is 22.2 Å². The van der Waals surface area contributed by atoms with Crippen LogP contribution in [0.25, 0.3) is 5.69 Å². The van der Waals surface area contributed by atoms with E-state index < -0.39 is 10.0 Å². The molecule has 8 nitrogen and oxygen atoms in total. The van der Waals surface area contributed by atoms with Gasteiger partial charge in [0.25, 0.3) is 0 Å². The van der Waals surface area contributed by atoms with Gasteiger partial charge in [0, 0.05) is 25.7 Å². The fraction of sp³-hybridized carbons (Fsp3) is 0.412. The summed E-state index contributed by atoms with van der Waals surface area (Å²) < 4.78 is 26.5. The molecule has 0 aliphatic carbocycles. The second-order valence-electron chi connectivity index (χ2n) is 6.43. The quantitative estimate of drug-likeness (QED) is 0.828. The molecule has 1 aromatic carbocycles. The molecule has 0 bridgehead atoms. The van der Waals surface area contributed by atoms with Crippen LogP contribution in [0.3, 0.4) is 0 Å². The van der Waals surface area contributed by atoms with Crippen molar-refractivity contribution in [3.05, 3.63) is 42.6 Å². The van der Waals surface area contributed by atoms with Crippen molar-refractivity contribution in [3.63, 3.8) is 0 Å². The Morgan fingerprint density at radius 2 is 2.04 bits per heavy atom.